The smallest absolute Gasteiger partial charge is 0.269 e. The molecule has 0 saturated carbocycles. The molecule has 0 aromatic heterocycles. The zero-order valence-corrected chi connectivity index (χ0v) is 12.3. The molecule has 0 bridgehead atoms. The molecule has 1 heterocycles. The summed E-state index contributed by atoms with van der Waals surface area (Å²) in [6, 6.07) is 6.02. The molecule has 0 amide bonds. The predicted molar refractivity (Wildman–Crippen MR) is 77.8 cm³/mol. The predicted octanol–water partition coefficient (Wildman–Crippen LogP) is 1.23. The van der Waals surface area contributed by atoms with Crippen LogP contribution in [0.4, 0.5) is 5.69 Å². The number of aliphatic hydroxyl groups is 3. The first-order chi connectivity index (χ1) is 9.40. The van der Waals surface area contributed by atoms with Crippen molar-refractivity contribution in [1.82, 2.24) is 0 Å². The molecular weight excluding hydrogens is 302 g/mol. The number of benzene rings is 1. The Bertz CT molecular complexity index is 483. The Morgan fingerprint density at radius 2 is 1.75 bits per heavy atom. The van der Waals surface area contributed by atoms with Gasteiger partial charge in [-0.3, -0.25) is 10.1 Å². The first-order valence-corrected chi connectivity index (χ1v) is 7.83. The molecule has 1 aliphatic rings. The molecule has 1 saturated heterocycles. The van der Waals surface area contributed by atoms with Crippen LogP contribution in [0, 0.1) is 10.1 Å². The zero-order valence-electron chi connectivity index (χ0n) is 10.6. The number of nitro groups is 1. The summed E-state index contributed by atoms with van der Waals surface area (Å²) >= 11 is 2.70. The van der Waals surface area contributed by atoms with Crippen molar-refractivity contribution in [2.75, 3.05) is 0 Å². The van der Waals surface area contributed by atoms with Gasteiger partial charge in [0.2, 0.25) is 0 Å². The largest absolute Gasteiger partial charge is 0.389 e. The van der Waals surface area contributed by atoms with E-state index in [1.165, 1.54) is 35.7 Å². The summed E-state index contributed by atoms with van der Waals surface area (Å²) in [6.07, 6.45) is -3.18. The number of nitrogens with zero attached hydrogens (tertiary/aromatic N) is 1. The Kier molecular flexibility index (Phi) is 4.92. The van der Waals surface area contributed by atoms with Gasteiger partial charge in [0, 0.05) is 22.3 Å². The highest BCUT2D eigenvalue weighted by molar-refractivity contribution is 8.17. The van der Waals surface area contributed by atoms with Crippen molar-refractivity contribution in [2.24, 2.45) is 0 Å². The van der Waals surface area contributed by atoms with Gasteiger partial charge in [-0.05, 0) is 12.1 Å². The number of hydrogen-bond donors (Lipinski definition) is 3. The molecule has 1 fully saturated rings. The quantitative estimate of drug-likeness (QED) is 0.569. The fraction of sp³-hybridized carbons (Fsp3) is 0.500. The lowest BCUT2D eigenvalue weighted by Crippen LogP contribution is -2.51. The minimum Gasteiger partial charge on any atom is -0.389 e. The van der Waals surface area contributed by atoms with Crippen LogP contribution in [-0.2, 0) is 0 Å². The van der Waals surface area contributed by atoms with E-state index in [-0.39, 0.29) is 15.5 Å². The van der Waals surface area contributed by atoms with Gasteiger partial charge >= 0.3 is 0 Å². The third-order valence-electron chi connectivity index (χ3n) is 3.11. The molecule has 0 aliphatic carbocycles. The van der Waals surface area contributed by atoms with Gasteiger partial charge in [0.1, 0.15) is 12.2 Å². The summed E-state index contributed by atoms with van der Waals surface area (Å²) in [6.45, 7) is 1.79. The molecule has 3 N–H and O–H groups in total. The lowest BCUT2D eigenvalue weighted by atomic mass is 10.1. The van der Waals surface area contributed by atoms with Crippen molar-refractivity contribution in [3.05, 3.63) is 34.4 Å². The van der Waals surface area contributed by atoms with Gasteiger partial charge < -0.3 is 15.3 Å². The van der Waals surface area contributed by atoms with Crippen LogP contribution >= 0.6 is 23.5 Å². The SMILES string of the molecule is C[C@H]1S[C@@H](Sc2ccc([N+](=O)[O-])cc2)[C@H](O)[C@@H](O)[C@@H]1O. The minimum atomic E-state index is -1.18. The number of thioether (sulfide) groups is 2. The van der Waals surface area contributed by atoms with Crippen molar-refractivity contribution in [3.8, 4) is 0 Å². The van der Waals surface area contributed by atoms with Crippen LogP contribution in [0.25, 0.3) is 0 Å². The lowest BCUT2D eigenvalue weighted by molar-refractivity contribution is -0.384. The van der Waals surface area contributed by atoms with E-state index in [0.29, 0.717) is 0 Å². The number of nitro benzene ring substituents is 1. The maximum absolute atomic E-state index is 10.6. The second kappa shape index (κ2) is 6.31. The molecule has 0 spiro atoms. The monoisotopic (exact) mass is 317 g/mol. The Balaban J connectivity index is 2.07. The van der Waals surface area contributed by atoms with Crippen LogP contribution in [0.5, 0.6) is 0 Å². The number of aliphatic hydroxyl groups excluding tert-OH is 3. The number of rotatable bonds is 3. The highest BCUT2D eigenvalue weighted by Gasteiger charge is 2.41. The molecule has 1 aliphatic heterocycles. The second-order valence-corrected chi connectivity index (χ2v) is 7.59. The molecule has 0 radical (unpaired) electrons. The van der Waals surface area contributed by atoms with Crippen LogP contribution in [0.15, 0.2) is 29.2 Å². The molecule has 1 aromatic rings. The molecule has 20 heavy (non-hydrogen) atoms. The summed E-state index contributed by atoms with van der Waals surface area (Å²) in [5.74, 6) is 0. The maximum atomic E-state index is 10.6. The molecule has 5 atom stereocenters. The molecule has 2 rings (SSSR count). The van der Waals surface area contributed by atoms with E-state index in [1.54, 1.807) is 19.1 Å². The van der Waals surface area contributed by atoms with Crippen molar-refractivity contribution in [2.45, 2.75) is 40.0 Å². The van der Waals surface area contributed by atoms with Crippen LogP contribution < -0.4 is 0 Å². The van der Waals surface area contributed by atoms with Gasteiger partial charge in [-0.1, -0.05) is 6.92 Å². The fourth-order valence-corrected chi connectivity index (χ4v) is 4.90. The minimum absolute atomic E-state index is 0.00928. The Labute approximate surface area is 124 Å². The normalized spacial score (nSPS) is 33.9. The van der Waals surface area contributed by atoms with Gasteiger partial charge in [0.25, 0.3) is 5.69 Å². The fourth-order valence-electron chi connectivity index (χ4n) is 1.89. The van der Waals surface area contributed by atoms with Gasteiger partial charge in [-0.25, -0.2) is 0 Å². The Morgan fingerprint density at radius 3 is 2.30 bits per heavy atom. The molecule has 0 unspecified atom stereocenters. The van der Waals surface area contributed by atoms with Gasteiger partial charge in [0.15, 0.2) is 0 Å². The topological polar surface area (TPSA) is 104 Å². The summed E-state index contributed by atoms with van der Waals surface area (Å²) in [7, 11) is 0. The number of non-ortho nitro benzene ring substituents is 1. The van der Waals surface area contributed by atoms with E-state index in [4.69, 9.17) is 0 Å². The van der Waals surface area contributed by atoms with Crippen LogP contribution in [0.2, 0.25) is 0 Å². The molecular formula is C12H15NO5S2. The van der Waals surface area contributed by atoms with Gasteiger partial charge in [-0.2, -0.15) is 0 Å². The summed E-state index contributed by atoms with van der Waals surface area (Å²) in [4.78, 5) is 10.9. The second-order valence-electron chi connectivity index (χ2n) is 4.55. The highest BCUT2D eigenvalue weighted by atomic mass is 32.2. The average molecular weight is 317 g/mol. The maximum Gasteiger partial charge on any atom is 0.269 e. The summed E-state index contributed by atoms with van der Waals surface area (Å²) in [5, 5.41) is 39.8. The van der Waals surface area contributed by atoms with E-state index < -0.39 is 23.2 Å². The van der Waals surface area contributed by atoms with Crippen LogP contribution in [0.3, 0.4) is 0 Å². The van der Waals surface area contributed by atoms with E-state index >= 15 is 0 Å². The van der Waals surface area contributed by atoms with Gasteiger partial charge in [-0.15, -0.1) is 23.5 Å². The zero-order chi connectivity index (χ0) is 14.9. The molecule has 110 valence electrons. The Hall–Kier alpha value is -0.800. The third kappa shape index (κ3) is 3.26. The highest BCUT2D eigenvalue weighted by Crippen LogP contribution is 2.42. The first kappa shape index (κ1) is 15.6. The first-order valence-electron chi connectivity index (χ1n) is 6.01. The summed E-state index contributed by atoms with van der Waals surface area (Å²) in [5.41, 5.74) is 0.00928. The molecule has 1 aromatic carbocycles. The number of hydrogen-bond acceptors (Lipinski definition) is 7. The molecule has 8 heteroatoms. The van der Waals surface area contributed by atoms with E-state index in [2.05, 4.69) is 0 Å². The lowest BCUT2D eigenvalue weighted by Gasteiger charge is -2.38. The molecule has 6 nitrogen and oxygen atoms in total. The van der Waals surface area contributed by atoms with Crippen LogP contribution in [-0.4, -0.2) is 48.4 Å². The van der Waals surface area contributed by atoms with E-state index in [1.807, 2.05) is 0 Å². The Morgan fingerprint density at radius 1 is 1.15 bits per heavy atom. The average Bonchev–Trinajstić information content (AvgIpc) is 2.43. The van der Waals surface area contributed by atoms with Crippen molar-refractivity contribution >= 4 is 29.2 Å². The third-order valence-corrected chi connectivity index (χ3v) is 6.04. The summed E-state index contributed by atoms with van der Waals surface area (Å²) < 4.78 is -0.329. The van der Waals surface area contributed by atoms with E-state index in [9.17, 15) is 25.4 Å². The standard InChI is InChI=1S/C12H15NO5S2/c1-6-9(14)10(15)11(16)12(19-6)20-8-4-2-7(3-5-8)13(17)18/h2-6,9-12,14-16H,1H3/t6-,9-,10+,11-,12+/m1/s1. The van der Waals surface area contributed by atoms with E-state index in [0.717, 1.165) is 4.90 Å². The van der Waals surface area contributed by atoms with Crippen LogP contribution in [0.1, 0.15) is 6.92 Å². The van der Waals surface area contributed by atoms with Crippen molar-refractivity contribution in [1.29, 1.82) is 0 Å². The van der Waals surface area contributed by atoms with Gasteiger partial charge in [0.05, 0.1) is 15.6 Å². The van der Waals surface area contributed by atoms with Crippen molar-refractivity contribution < 1.29 is 20.2 Å². The van der Waals surface area contributed by atoms with Crippen molar-refractivity contribution in [3.63, 3.8) is 0 Å².